The first kappa shape index (κ1) is 41.5. The van der Waals surface area contributed by atoms with Crippen LogP contribution < -0.4 is 0 Å². The summed E-state index contributed by atoms with van der Waals surface area (Å²) in [6, 6.07) is 0. The van der Waals surface area contributed by atoms with Gasteiger partial charge in [0.25, 0.3) is 0 Å². The topological polar surface area (TPSA) is 60.7 Å². The molecule has 214 valence electrons. The zero-order chi connectivity index (χ0) is 25.1. The van der Waals surface area contributed by atoms with Gasteiger partial charge in [0, 0.05) is 36.3 Å². The summed E-state index contributed by atoms with van der Waals surface area (Å²) < 4.78 is 0. The number of aliphatic hydroxyl groups is 3. The van der Waals surface area contributed by atoms with Crippen molar-refractivity contribution in [2.24, 2.45) is 0 Å². The molecule has 0 radical (unpaired) electrons. The van der Waals surface area contributed by atoms with Crippen LogP contribution in [-0.4, -0.2) is 35.1 Å². The van der Waals surface area contributed by atoms with E-state index in [2.05, 4.69) is 20.8 Å². The minimum absolute atomic E-state index is 0. The molecule has 34 heavy (non-hydrogen) atoms. The smallest absolute Gasteiger partial charge is 0.0431 e. The molecule has 0 unspecified atom stereocenters. The van der Waals surface area contributed by atoms with E-state index < -0.39 is 0 Å². The average Bonchev–Trinajstić information content (AvgIpc) is 2.83. The Hall–Kier alpha value is 0.374. The monoisotopic (exact) mass is 532 g/mol. The Bertz CT molecular complexity index is 211. The van der Waals surface area contributed by atoms with Crippen molar-refractivity contribution in [1.29, 1.82) is 0 Å². The van der Waals surface area contributed by atoms with Crippen LogP contribution in [0.5, 0.6) is 0 Å². The molecule has 0 bridgehead atoms. The summed E-state index contributed by atoms with van der Waals surface area (Å²) in [5.41, 5.74) is 0. The van der Waals surface area contributed by atoms with Gasteiger partial charge in [-0.05, 0) is 19.3 Å². The van der Waals surface area contributed by atoms with E-state index in [1.807, 2.05) is 0 Å². The molecule has 0 aliphatic rings. The predicted octanol–water partition coefficient (Wildman–Crippen LogP) is 9.36. The third-order valence-corrected chi connectivity index (χ3v) is 6.04. The summed E-state index contributed by atoms with van der Waals surface area (Å²) in [5, 5.41) is 25.5. The summed E-state index contributed by atoms with van der Waals surface area (Å²) >= 11 is 0. The normalized spacial score (nSPS) is 10.1. The summed E-state index contributed by atoms with van der Waals surface area (Å²) in [6.07, 6.45) is 31.1. The van der Waals surface area contributed by atoms with Crippen LogP contribution in [-0.2, 0) is 16.5 Å². The van der Waals surface area contributed by atoms with Gasteiger partial charge < -0.3 is 15.3 Å². The second-order valence-corrected chi connectivity index (χ2v) is 9.60. The SMILES string of the molecule is CCCCCCCCCCO.CCCCCCCCCCO.CCCCCCCCCCO.[Ni]. The molecule has 0 fully saturated rings. The Labute approximate surface area is 226 Å². The van der Waals surface area contributed by atoms with Gasteiger partial charge in [-0.15, -0.1) is 0 Å². The first-order chi connectivity index (χ1) is 16.2. The zero-order valence-electron chi connectivity index (χ0n) is 23.7. The van der Waals surface area contributed by atoms with Crippen LogP contribution in [0.1, 0.15) is 175 Å². The third-order valence-electron chi connectivity index (χ3n) is 6.04. The predicted molar refractivity (Wildman–Crippen MR) is 149 cm³/mol. The van der Waals surface area contributed by atoms with Crippen LogP contribution >= 0.6 is 0 Å². The molecular formula is C30H66NiO3. The molecule has 0 saturated heterocycles. The fourth-order valence-corrected chi connectivity index (χ4v) is 3.74. The van der Waals surface area contributed by atoms with Crippen molar-refractivity contribution >= 4 is 0 Å². The second-order valence-electron chi connectivity index (χ2n) is 9.60. The molecule has 0 aromatic heterocycles. The van der Waals surface area contributed by atoms with E-state index in [9.17, 15) is 0 Å². The Morgan fingerprint density at radius 3 is 0.559 bits per heavy atom. The van der Waals surface area contributed by atoms with Gasteiger partial charge in [-0.2, -0.15) is 0 Å². The molecule has 0 atom stereocenters. The molecule has 3 N–H and O–H groups in total. The number of rotatable bonds is 24. The first-order valence-electron chi connectivity index (χ1n) is 15.1. The van der Waals surface area contributed by atoms with Crippen LogP contribution in [0.25, 0.3) is 0 Å². The van der Waals surface area contributed by atoms with E-state index in [0.29, 0.717) is 19.8 Å². The molecule has 0 aliphatic carbocycles. The number of unbranched alkanes of at least 4 members (excludes halogenated alkanes) is 21. The fraction of sp³-hybridized carbons (Fsp3) is 1.00. The van der Waals surface area contributed by atoms with Crippen LogP contribution in [0.2, 0.25) is 0 Å². The fourth-order valence-electron chi connectivity index (χ4n) is 3.74. The maximum Gasteiger partial charge on any atom is 0.0431 e. The van der Waals surface area contributed by atoms with Crippen molar-refractivity contribution in [1.82, 2.24) is 0 Å². The molecule has 0 spiro atoms. The van der Waals surface area contributed by atoms with E-state index >= 15 is 0 Å². The Balaban J connectivity index is -0.000000196. The summed E-state index contributed by atoms with van der Waals surface area (Å²) in [5.74, 6) is 0. The van der Waals surface area contributed by atoms with E-state index in [1.54, 1.807) is 0 Å². The molecule has 0 rings (SSSR count). The van der Waals surface area contributed by atoms with Crippen molar-refractivity contribution in [3.63, 3.8) is 0 Å². The number of hydrogen-bond donors (Lipinski definition) is 3. The van der Waals surface area contributed by atoms with Gasteiger partial charge in [-0.25, -0.2) is 0 Å². The zero-order valence-corrected chi connectivity index (χ0v) is 24.7. The van der Waals surface area contributed by atoms with E-state index in [-0.39, 0.29) is 16.5 Å². The van der Waals surface area contributed by atoms with Crippen molar-refractivity contribution in [2.45, 2.75) is 175 Å². The van der Waals surface area contributed by atoms with Gasteiger partial charge in [0.15, 0.2) is 0 Å². The Kier molecular flexibility index (Phi) is 57.0. The van der Waals surface area contributed by atoms with Crippen molar-refractivity contribution in [2.75, 3.05) is 19.8 Å². The Morgan fingerprint density at radius 1 is 0.265 bits per heavy atom. The van der Waals surface area contributed by atoms with Gasteiger partial charge in [0.1, 0.15) is 0 Å². The van der Waals surface area contributed by atoms with Crippen LogP contribution in [0.15, 0.2) is 0 Å². The van der Waals surface area contributed by atoms with E-state index in [0.717, 1.165) is 19.3 Å². The third kappa shape index (κ3) is 53.6. The minimum Gasteiger partial charge on any atom is -0.396 e. The molecule has 0 aromatic carbocycles. The molecule has 0 heterocycles. The largest absolute Gasteiger partial charge is 0.396 e. The minimum atomic E-state index is 0. The van der Waals surface area contributed by atoms with Crippen molar-refractivity contribution in [3.05, 3.63) is 0 Å². The van der Waals surface area contributed by atoms with Gasteiger partial charge in [0.2, 0.25) is 0 Å². The standard InChI is InChI=1S/3C10H22O.Ni/c3*1-2-3-4-5-6-7-8-9-10-11;/h3*11H,2-10H2,1H3;. The molecule has 0 amide bonds. The van der Waals surface area contributed by atoms with Gasteiger partial charge in [-0.1, -0.05) is 156 Å². The van der Waals surface area contributed by atoms with Crippen molar-refractivity contribution < 1.29 is 31.8 Å². The summed E-state index contributed by atoms with van der Waals surface area (Å²) in [4.78, 5) is 0. The maximum absolute atomic E-state index is 8.51. The quantitative estimate of drug-likeness (QED) is 0.0856. The molecule has 4 heteroatoms. The number of hydrogen-bond acceptors (Lipinski definition) is 3. The van der Waals surface area contributed by atoms with Gasteiger partial charge in [-0.3, -0.25) is 0 Å². The molecule has 0 aromatic rings. The number of aliphatic hydroxyl groups excluding tert-OH is 3. The van der Waals surface area contributed by atoms with E-state index in [1.165, 1.54) is 135 Å². The van der Waals surface area contributed by atoms with Crippen LogP contribution in [0.4, 0.5) is 0 Å². The van der Waals surface area contributed by atoms with Crippen LogP contribution in [0, 0.1) is 0 Å². The Morgan fingerprint density at radius 2 is 0.412 bits per heavy atom. The van der Waals surface area contributed by atoms with Gasteiger partial charge >= 0.3 is 0 Å². The maximum atomic E-state index is 8.51. The molecule has 0 saturated carbocycles. The molecular weight excluding hydrogens is 467 g/mol. The average molecular weight is 534 g/mol. The van der Waals surface area contributed by atoms with Crippen LogP contribution in [0.3, 0.4) is 0 Å². The summed E-state index contributed by atoms with van der Waals surface area (Å²) in [7, 11) is 0. The first-order valence-corrected chi connectivity index (χ1v) is 15.1. The second kappa shape index (κ2) is 46.7. The van der Waals surface area contributed by atoms with E-state index in [4.69, 9.17) is 15.3 Å². The van der Waals surface area contributed by atoms with Crippen molar-refractivity contribution in [3.8, 4) is 0 Å². The molecule has 0 aliphatic heterocycles. The summed E-state index contributed by atoms with van der Waals surface area (Å²) in [6.45, 7) is 7.84. The van der Waals surface area contributed by atoms with Gasteiger partial charge in [0.05, 0.1) is 0 Å². The molecule has 3 nitrogen and oxygen atoms in total.